The third-order valence-corrected chi connectivity index (χ3v) is 2.06. The highest BCUT2D eigenvalue weighted by molar-refractivity contribution is 5.74. The molecule has 1 rings (SSSR count). The van der Waals surface area contributed by atoms with Gasteiger partial charge >= 0.3 is 6.03 Å². The van der Waals surface area contributed by atoms with Gasteiger partial charge in [-0.1, -0.05) is 12.1 Å². The molecule has 0 fully saturated rings. The molecule has 0 unspecified atom stereocenters. The fourth-order valence-corrected chi connectivity index (χ4v) is 1.31. The molecule has 6 heteroatoms. The first-order valence-electron chi connectivity index (χ1n) is 5.30. The minimum Gasteiger partial charge on any atom is -0.395 e. The van der Waals surface area contributed by atoms with Crippen LogP contribution in [0.2, 0.25) is 0 Å². The molecule has 1 aromatic heterocycles. The lowest BCUT2D eigenvalue weighted by Crippen LogP contribution is -2.41. The Morgan fingerprint density at radius 3 is 3.00 bits per heavy atom. The van der Waals surface area contributed by atoms with Crippen LogP contribution in [0.1, 0.15) is 19.0 Å². The number of carbonyl (C=O) groups is 1. The van der Waals surface area contributed by atoms with Crippen molar-refractivity contribution < 1.29 is 14.4 Å². The summed E-state index contributed by atoms with van der Waals surface area (Å²) < 4.78 is 4.65. The number of aliphatic hydroxyl groups is 1. The first-order chi connectivity index (χ1) is 7.77. The fourth-order valence-electron chi connectivity index (χ4n) is 1.31. The molecular weight excluding hydrogens is 210 g/mol. The number of amides is 2. The lowest BCUT2D eigenvalue weighted by atomic mass is 10.4. The van der Waals surface area contributed by atoms with E-state index in [0.717, 1.165) is 6.42 Å². The third kappa shape index (κ3) is 3.90. The summed E-state index contributed by atoms with van der Waals surface area (Å²) in [5.74, 6) is 0. The average Bonchev–Trinajstić information content (AvgIpc) is 2.78. The smallest absolute Gasteiger partial charge is 0.317 e. The van der Waals surface area contributed by atoms with Crippen LogP contribution in [0.3, 0.4) is 0 Å². The fraction of sp³-hybridized carbons (Fsp3) is 0.600. The summed E-state index contributed by atoms with van der Waals surface area (Å²) in [6.45, 7) is 3.26. The Morgan fingerprint density at radius 2 is 2.44 bits per heavy atom. The van der Waals surface area contributed by atoms with Crippen molar-refractivity contribution in [2.45, 2.75) is 19.9 Å². The Morgan fingerprint density at radius 1 is 1.62 bits per heavy atom. The molecule has 0 spiro atoms. The van der Waals surface area contributed by atoms with Crippen LogP contribution in [-0.4, -0.2) is 40.9 Å². The van der Waals surface area contributed by atoms with E-state index in [-0.39, 0.29) is 12.6 Å². The average molecular weight is 227 g/mol. The van der Waals surface area contributed by atoms with Crippen molar-refractivity contribution in [1.82, 2.24) is 15.4 Å². The van der Waals surface area contributed by atoms with E-state index >= 15 is 0 Å². The number of hydrogen-bond donors (Lipinski definition) is 2. The monoisotopic (exact) mass is 227 g/mol. The second kappa shape index (κ2) is 6.84. The van der Waals surface area contributed by atoms with Crippen molar-refractivity contribution >= 4 is 6.03 Å². The zero-order chi connectivity index (χ0) is 11.8. The topological polar surface area (TPSA) is 78.6 Å². The van der Waals surface area contributed by atoms with Gasteiger partial charge in [-0.3, -0.25) is 0 Å². The molecule has 6 nitrogen and oxygen atoms in total. The van der Waals surface area contributed by atoms with E-state index in [4.69, 9.17) is 5.11 Å². The van der Waals surface area contributed by atoms with Crippen molar-refractivity contribution in [3.8, 4) is 0 Å². The number of nitrogens with one attached hydrogen (secondary N) is 1. The van der Waals surface area contributed by atoms with Crippen LogP contribution in [0.4, 0.5) is 4.79 Å². The lowest BCUT2D eigenvalue weighted by Gasteiger charge is -2.21. The van der Waals surface area contributed by atoms with Crippen molar-refractivity contribution in [2.75, 3.05) is 19.7 Å². The van der Waals surface area contributed by atoms with Crippen LogP contribution >= 0.6 is 0 Å². The number of aliphatic hydroxyl groups excluding tert-OH is 1. The number of carbonyl (C=O) groups excluding carboxylic acids is 1. The molecule has 0 atom stereocenters. The maximum absolute atomic E-state index is 11.7. The van der Waals surface area contributed by atoms with E-state index < -0.39 is 0 Å². The van der Waals surface area contributed by atoms with Gasteiger partial charge in [0, 0.05) is 19.2 Å². The second-order valence-electron chi connectivity index (χ2n) is 3.36. The molecule has 0 bridgehead atoms. The number of nitrogens with zero attached hydrogens (tertiary/aromatic N) is 2. The van der Waals surface area contributed by atoms with Crippen molar-refractivity contribution in [3.05, 3.63) is 18.0 Å². The molecule has 0 saturated carbocycles. The van der Waals surface area contributed by atoms with Crippen LogP contribution in [0.25, 0.3) is 0 Å². The predicted octanol–water partition coefficient (Wildman–Crippen LogP) is 0.588. The Bertz CT molecular complexity index is 294. The zero-order valence-corrected chi connectivity index (χ0v) is 9.35. The highest BCUT2D eigenvalue weighted by atomic mass is 16.5. The van der Waals surface area contributed by atoms with E-state index in [0.29, 0.717) is 25.3 Å². The maximum atomic E-state index is 11.7. The Labute approximate surface area is 94.2 Å². The SMILES string of the molecule is CCCN(CCO)C(=O)NCc1ccon1. The normalized spacial score (nSPS) is 10.1. The van der Waals surface area contributed by atoms with Gasteiger partial charge < -0.3 is 19.8 Å². The van der Waals surface area contributed by atoms with Crippen molar-refractivity contribution in [3.63, 3.8) is 0 Å². The van der Waals surface area contributed by atoms with E-state index in [9.17, 15) is 4.79 Å². The van der Waals surface area contributed by atoms with Gasteiger partial charge in [0.15, 0.2) is 0 Å². The summed E-state index contributed by atoms with van der Waals surface area (Å²) in [5.41, 5.74) is 0.675. The molecule has 0 radical (unpaired) electrons. The minimum absolute atomic E-state index is 0.0304. The zero-order valence-electron chi connectivity index (χ0n) is 9.35. The number of aromatic nitrogens is 1. The maximum Gasteiger partial charge on any atom is 0.317 e. The molecule has 0 saturated heterocycles. The Balaban J connectivity index is 2.36. The third-order valence-electron chi connectivity index (χ3n) is 2.06. The van der Waals surface area contributed by atoms with Crippen LogP contribution < -0.4 is 5.32 Å². The molecule has 1 heterocycles. The van der Waals surface area contributed by atoms with Crippen molar-refractivity contribution in [2.24, 2.45) is 0 Å². The predicted molar refractivity (Wildman–Crippen MR) is 57.7 cm³/mol. The van der Waals surface area contributed by atoms with Gasteiger partial charge in [0.1, 0.15) is 12.0 Å². The molecule has 0 aliphatic carbocycles. The summed E-state index contributed by atoms with van der Waals surface area (Å²) >= 11 is 0. The molecule has 0 aromatic carbocycles. The summed E-state index contributed by atoms with van der Waals surface area (Å²) in [4.78, 5) is 13.2. The standard InChI is InChI=1S/C10H17N3O3/c1-2-4-13(5-6-14)10(15)11-8-9-3-7-16-12-9/h3,7,14H,2,4-6,8H2,1H3,(H,11,15). The van der Waals surface area contributed by atoms with Gasteiger partial charge in [-0.05, 0) is 6.42 Å². The van der Waals surface area contributed by atoms with Gasteiger partial charge in [-0.25, -0.2) is 4.79 Å². The van der Waals surface area contributed by atoms with Gasteiger partial charge in [0.25, 0.3) is 0 Å². The van der Waals surface area contributed by atoms with Crippen LogP contribution in [0.5, 0.6) is 0 Å². The van der Waals surface area contributed by atoms with Crippen LogP contribution in [-0.2, 0) is 6.54 Å². The lowest BCUT2D eigenvalue weighted by molar-refractivity contribution is 0.176. The van der Waals surface area contributed by atoms with Gasteiger partial charge in [-0.2, -0.15) is 0 Å². The molecule has 2 amide bonds. The highest BCUT2D eigenvalue weighted by Gasteiger charge is 2.11. The molecule has 90 valence electrons. The molecular formula is C10H17N3O3. The highest BCUT2D eigenvalue weighted by Crippen LogP contribution is 1.96. The Hall–Kier alpha value is -1.56. The summed E-state index contributed by atoms with van der Waals surface area (Å²) in [5, 5.41) is 15.2. The van der Waals surface area contributed by atoms with Gasteiger partial charge in [-0.15, -0.1) is 0 Å². The molecule has 16 heavy (non-hydrogen) atoms. The van der Waals surface area contributed by atoms with Crippen LogP contribution in [0, 0.1) is 0 Å². The first kappa shape index (κ1) is 12.5. The number of urea groups is 1. The van der Waals surface area contributed by atoms with E-state index in [2.05, 4.69) is 15.0 Å². The summed E-state index contributed by atoms with van der Waals surface area (Å²) in [6, 6.07) is 1.50. The van der Waals surface area contributed by atoms with E-state index in [1.165, 1.54) is 6.26 Å². The quantitative estimate of drug-likeness (QED) is 0.745. The molecule has 0 aliphatic heterocycles. The van der Waals surface area contributed by atoms with Gasteiger partial charge in [0.05, 0.1) is 13.2 Å². The first-order valence-corrected chi connectivity index (χ1v) is 5.30. The molecule has 2 N–H and O–H groups in total. The molecule has 1 aromatic rings. The molecule has 0 aliphatic rings. The van der Waals surface area contributed by atoms with E-state index in [1.807, 2.05) is 6.92 Å². The minimum atomic E-state index is -0.195. The second-order valence-corrected chi connectivity index (χ2v) is 3.36. The number of rotatable bonds is 6. The number of hydrogen-bond acceptors (Lipinski definition) is 4. The van der Waals surface area contributed by atoms with Gasteiger partial charge in [0.2, 0.25) is 0 Å². The summed E-state index contributed by atoms with van der Waals surface area (Å²) in [7, 11) is 0. The van der Waals surface area contributed by atoms with Crippen LogP contribution in [0.15, 0.2) is 16.9 Å². The Kier molecular flexibility index (Phi) is 5.35. The summed E-state index contributed by atoms with van der Waals surface area (Å²) in [6.07, 6.45) is 2.32. The largest absolute Gasteiger partial charge is 0.395 e. The van der Waals surface area contributed by atoms with E-state index in [1.54, 1.807) is 11.0 Å². The van der Waals surface area contributed by atoms with Crippen molar-refractivity contribution in [1.29, 1.82) is 0 Å².